The van der Waals surface area contributed by atoms with Crippen LogP contribution in [0.4, 0.5) is 17.6 Å². The number of ether oxygens (including phenoxy) is 2. The summed E-state index contributed by atoms with van der Waals surface area (Å²) in [6, 6.07) is 5.93. The van der Waals surface area contributed by atoms with E-state index in [2.05, 4.69) is 0 Å². The van der Waals surface area contributed by atoms with Crippen molar-refractivity contribution < 1.29 is 27.0 Å². The first-order valence-corrected chi connectivity index (χ1v) is 7.78. The summed E-state index contributed by atoms with van der Waals surface area (Å²) in [5, 5.41) is 0. The molecule has 2 N–H and O–H groups in total. The number of halogens is 4. The average molecular weight is 371 g/mol. The zero-order valence-electron chi connectivity index (χ0n) is 13.5. The van der Waals surface area contributed by atoms with Crippen LogP contribution >= 0.6 is 0 Å². The van der Waals surface area contributed by atoms with Crippen LogP contribution in [0.1, 0.15) is 25.0 Å². The van der Waals surface area contributed by atoms with Gasteiger partial charge in [0.05, 0.1) is 12.7 Å². The quantitative estimate of drug-likeness (QED) is 0.788. The summed E-state index contributed by atoms with van der Waals surface area (Å²) in [5.74, 6) is -0.270. The average Bonchev–Trinajstić information content (AvgIpc) is 2.59. The van der Waals surface area contributed by atoms with Gasteiger partial charge in [0.2, 0.25) is 0 Å². The second kappa shape index (κ2) is 7.53. The van der Waals surface area contributed by atoms with E-state index in [-0.39, 0.29) is 42.7 Å². The van der Waals surface area contributed by atoms with Crippen LogP contribution in [-0.2, 0) is 12.6 Å². The Hall–Kier alpha value is -2.28. The smallest absolute Gasteiger partial charge is 0.417 e. The Morgan fingerprint density at radius 3 is 2.54 bits per heavy atom. The molecule has 1 aliphatic rings. The number of hydrogen-bond donors (Lipinski definition) is 1. The van der Waals surface area contributed by atoms with Gasteiger partial charge in [-0.15, -0.1) is 0 Å². The Bertz CT molecular complexity index is 790. The molecule has 26 heavy (non-hydrogen) atoms. The predicted molar refractivity (Wildman–Crippen MR) is 91.9 cm³/mol. The first kappa shape index (κ1) is 20.0. The lowest BCUT2D eigenvalue weighted by atomic mass is 9.92. The molecule has 0 saturated heterocycles. The molecule has 0 aliphatic carbocycles. The lowest BCUT2D eigenvalue weighted by Crippen LogP contribution is -2.30. The largest absolute Gasteiger partial charge is 0.497 e. The highest BCUT2D eigenvalue weighted by Gasteiger charge is 2.36. The Labute approximate surface area is 149 Å². The minimum absolute atomic E-state index is 0. The number of nitrogens with two attached hydrogens (primary N) is 1. The highest BCUT2D eigenvalue weighted by Crippen LogP contribution is 2.45. The van der Waals surface area contributed by atoms with Gasteiger partial charge in [0.25, 0.3) is 0 Å². The fourth-order valence-corrected chi connectivity index (χ4v) is 3.00. The van der Waals surface area contributed by atoms with E-state index >= 15 is 0 Å². The molecule has 0 fully saturated rings. The van der Waals surface area contributed by atoms with Crippen LogP contribution in [0.25, 0.3) is 11.1 Å². The molecule has 2 aromatic carbocycles. The summed E-state index contributed by atoms with van der Waals surface area (Å²) in [6.45, 7) is 0.241. The van der Waals surface area contributed by atoms with E-state index in [1.807, 2.05) is 0 Å². The predicted octanol–water partition coefficient (Wildman–Crippen LogP) is 4.81. The normalized spacial score (nSPS) is 16.3. The molecule has 0 bridgehead atoms. The third-order valence-electron chi connectivity index (χ3n) is 4.24. The van der Waals surface area contributed by atoms with Crippen LogP contribution in [0.3, 0.4) is 0 Å². The number of rotatable bonds is 3. The van der Waals surface area contributed by atoms with Gasteiger partial charge in [0.15, 0.2) is 0 Å². The van der Waals surface area contributed by atoms with Crippen molar-refractivity contribution in [2.75, 3.05) is 13.7 Å². The number of benzene rings is 2. The molecule has 142 valence electrons. The number of hydrogen-bond acceptors (Lipinski definition) is 3. The van der Waals surface area contributed by atoms with Gasteiger partial charge in [-0.2, -0.15) is 13.2 Å². The van der Waals surface area contributed by atoms with Crippen molar-refractivity contribution in [3.63, 3.8) is 0 Å². The molecule has 0 spiro atoms. The van der Waals surface area contributed by atoms with E-state index < -0.39 is 17.6 Å². The summed E-state index contributed by atoms with van der Waals surface area (Å²) in [5.41, 5.74) is 5.18. The Morgan fingerprint density at radius 2 is 1.92 bits per heavy atom. The fraction of sp³-hybridized carbons (Fsp3) is 0.368. The van der Waals surface area contributed by atoms with Gasteiger partial charge in [-0.25, -0.2) is 4.39 Å². The zero-order chi connectivity index (χ0) is 18.2. The van der Waals surface area contributed by atoms with Crippen molar-refractivity contribution in [1.29, 1.82) is 0 Å². The van der Waals surface area contributed by atoms with Crippen LogP contribution < -0.4 is 15.2 Å². The third-order valence-corrected chi connectivity index (χ3v) is 4.24. The molecule has 2 aromatic rings. The summed E-state index contributed by atoms with van der Waals surface area (Å²) >= 11 is 0. The number of methoxy groups -OCH3 is 1. The first-order chi connectivity index (χ1) is 11.8. The molecule has 0 radical (unpaired) electrons. The minimum Gasteiger partial charge on any atom is -0.497 e. The summed E-state index contributed by atoms with van der Waals surface area (Å²) in [4.78, 5) is 0. The van der Waals surface area contributed by atoms with Crippen LogP contribution in [0.5, 0.6) is 11.5 Å². The maximum atomic E-state index is 14.0. The number of fused-ring (bicyclic) bond motifs is 1. The van der Waals surface area contributed by atoms with Gasteiger partial charge < -0.3 is 15.2 Å². The van der Waals surface area contributed by atoms with Gasteiger partial charge in [-0.3, -0.25) is 0 Å². The van der Waals surface area contributed by atoms with Crippen LogP contribution in [0, 0.1) is 5.82 Å². The molecule has 1 atom stereocenters. The van der Waals surface area contributed by atoms with Gasteiger partial charge >= 0.3 is 6.18 Å². The van der Waals surface area contributed by atoms with Crippen LogP contribution in [-0.4, -0.2) is 19.8 Å². The summed E-state index contributed by atoms with van der Waals surface area (Å²) in [6.07, 6.45) is -3.82. The lowest BCUT2D eigenvalue weighted by Gasteiger charge is -2.28. The van der Waals surface area contributed by atoms with Crippen molar-refractivity contribution in [2.24, 2.45) is 5.73 Å². The topological polar surface area (TPSA) is 44.5 Å². The standard InChI is InChI=1S/C18H17F4NO2.CH4/c1-24-12-4-5-14(16(8-12)18(20,21)22)15-7-11(19)6-10-2-3-13(9-23)25-17(10)15;/h4-8,13H,2-3,9,23H2,1H3;1H4/t13-;/m1./s1. The third kappa shape index (κ3) is 3.77. The summed E-state index contributed by atoms with van der Waals surface area (Å²) < 4.78 is 65.2. The monoisotopic (exact) mass is 371 g/mol. The lowest BCUT2D eigenvalue weighted by molar-refractivity contribution is -0.137. The van der Waals surface area contributed by atoms with Crippen molar-refractivity contribution in [1.82, 2.24) is 0 Å². The van der Waals surface area contributed by atoms with E-state index in [0.29, 0.717) is 18.4 Å². The molecule has 0 amide bonds. The second-order valence-electron chi connectivity index (χ2n) is 5.87. The van der Waals surface area contributed by atoms with E-state index in [0.717, 1.165) is 12.1 Å². The van der Waals surface area contributed by atoms with Gasteiger partial charge in [-0.05, 0) is 54.3 Å². The number of alkyl halides is 3. The first-order valence-electron chi connectivity index (χ1n) is 7.78. The van der Waals surface area contributed by atoms with Crippen molar-refractivity contribution in [3.8, 4) is 22.6 Å². The van der Waals surface area contributed by atoms with Gasteiger partial charge in [0, 0.05) is 12.1 Å². The highest BCUT2D eigenvalue weighted by molar-refractivity contribution is 5.76. The second-order valence-corrected chi connectivity index (χ2v) is 5.87. The van der Waals surface area contributed by atoms with Crippen LogP contribution in [0.15, 0.2) is 30.3 Å². The molecule has 0 unspecified atom stereocenters. The molecule has 1 heterocycles. The molecule has 7 heteroatoms. The highest BCUT2D eigenvalue weighted by atomic mass is 19.4. The van der Waals surface area contributed by atoms with E-state index in [4.69, 9.17) is 15.2 Å². The van der Waals surface area contributed by atoms with E-state index in [1.54, 1.807) is 0 Å². The van der Waals surface area contributed by atoms with Crippen molar-refractivity contribution in [3.05, 3.63) is 47.3 Å². The van der Waals surface area contributed by atoms with Crippen LogP contribution in [0.2, 0.25) is 0 Å². The van der Waals surface area contributed by atoms with Crippen molar-refractivity contribution >= 4 is 0 Å². The van der Waals surface area contributed by atoms with E-state index in [1.165, 1.54) is 25.3 Å². The van der Waals surface area contributed by atoms with Gasteiger partial charge in [-0.1, -0.05) is 7.43 Å². The molecule has 1 aliphatic heterocycles. The molecular weight excluding hydrogens is 350 g/mol. The Morgan fingerprint density at radius 1 is 1.19 bits per heavy atom. The maximum absolute atomic E-state index is 14.0. The Balaban J connectivity index is 0.00000243. The molecule has 0 saturated carbocycles. The van der Waals surface area contributed by atoms with Crippen molar-refractivity contribution in [2.45, 2.75) is 32.5 Å². The Kier molecular flexibility index (Phi) is 5.81. The molecule has 3 rings (SSSR count). The fourth-order valence-electron chi connectivity index (χ4n) is 3.00. The maximum Gasteiger partial charge on any atom is 0.417 e. The molecular formula is C19H21F4NO2. The number of aryl methyl sites for hydroxylation is 1. The molecule has 0 aromatic heterocycles. The zero-order valence-corrected chi connectivity index (χ0v) is 13.5. The SMILES string of the molecule is C.COc1ccc(-c2cc(F)cc3c2O[C@@H](CN)CC3)c(C(F)(F)F)c1. The minimum atomic E-state index is -4.62. The molecule has 3 nitrogen and oxygen atoms in total. The van der Waals surface area contributed by atoms with E-state index in [9.17, 15) is 17.6 Å². The van der Waals surface area contributed by atoms with Gasteiger partial charge in [0.1, 0.15) is 23.4 Å². The summed E-state index contributed by atoms with van der Waals surface area (Å²) in [7, 11) is 1.29.